The van der Waals surface area contributed by atoms with Crippen molar-refractivity contribution in [3.8, 4) is 5.75 Å². The highest BCUT2D eigenvalue weighted by Crippen LogP contribution is 2.37. The van der Waals surface area contributed by atoms with Crippen molar-refractivity contribution in [1.82, 2.24) is 4.98 Å². The summed E-state index contributed by atoms with van der Waals surface area (Å²) in [4.78, 5) is 3.63. The zero-order valence-corrected chi connectivity index (χ0v) is 16.0. The highest BCUT2D eigenvalue weighted by molar-refractivity contribution is 6.13. The number of nitrogens with one attached hydrogen (secondary N) is 2. The van der Waals surface area contributed by atoms with Crippen molar-refractivity contribution >= 4 is 44.2 Å². The molecule has 5 rings (SSSR count). The molecule has 0 saturated heterocycles. The fourth-order valence-electron chi connectivity index (χ4n) is 4.00. The SMILES string of the molecule is CCOc1ccccc1Nc1c2ccccc2[n+](C)c2c1[nH]c1ccccc12. The molecule has 0 bridgehead atoms. The molecule has 2 heterocycles. The van der Waals surface area contributed by atoms with Crippen LogP contribution >= 0.6 is 0 Å². The van der Waals surface area contributed by atoms with Crippen LogP contribution in [0.1, 0.15) is 6.92 Å². The van der Waals surface area contributed by atoms with Crippen LogP contribution in [0.25, 0.3) is 32.8 Å². The number of H-pyrrole nitrogens is 1. The Bertz CT molecular complexity index is 1320. The maximum atomic E-state index is 5.84. The van der Waals surface area contributed by atoms with Crippen LogP contribution in [0.2, 0.25) is 0 Å². The summed E-state index contributed by atoms with van der Waals surface area (Å²) >= 11 is 0. The molecule has 4 nitrogen and oxygen atoms in total. The third-order valence-corrected chi connectivity index (χ3v) is 5.25. The standard InChI is InChI=1S/C24H21N3O/c1-3-28-21-15-9-7-13-19(21)26-22-17-11-5-8-14-20(17)27(2)24-16-10-4-6-12-18(16)25-23(22)24/h4-15H,3H2,1-2H3,(H,25,26)/p+1. The first kappa shape index (κ1) is 16.6. The van der Waals surface area contributed by atoms with Crippen LogP contribution in [0.15, 0.2) is 72.8 Å². The molecule has 0 aliphatic heterocycles. The molecular weight excluding hydrogens is 346 g/mol. The van der Waals surface area contributed by atoms with E-state index in [4.69, 9.17) is 4.74 Å². The van der Waals surface area contributed by atoms with Crippen molar-refractivity contribution in [3.05, 3.63) is 72.8 Å². The fraction of sp³-hybridized carbons (Fsp3) is 0.125. The van der Waals surface area contributed by atoms with E-state index in [1.165, 1.54) is 16.4 Å². The van der Waals surface area contributed by atoms with Gasteiger partial charge in [-0.05, 0) is 37.3 Å². The van der Waals surface area contributed by atoms with Gasteiger partial charge in [0, 0.05) is 6.07 Å². The molecule has 2 aromatic heterocycles. The minimum atomic E-state index is 0.630. The lowest BCUT2D eigenvalue weighted by Gasteiger charge is -2.14. The van der Waals surface area contributed by atoms with Gasteiger partial charge in [-0.2, -0.15) is 4.57 Å². The Morgan fingerprint density at radius 1 is 0.893 bits per heavy atom. The van der Waals surface area contributed by atoms with Gasteiger partial charge in [-0.25, -0.2) is 0 Å². The summed E-state index contributed by atoms with van der Waals surface area (Å²) in [6.45, 7) is 2.63. The molecule has 0 radical (unpaired) electrons. The van der Waals surface area contributed by atoms with Crippen LogP contribution in [0.3, 0.4) is 0 Å². The number of rotatable bonds is 4. The van der Waals surface area contributed by atoms with E-state index in [9.17, 15) is 0 Å². The first-order chi connectivity index (χ1) is 13.8. The van der Waals surface area contributed by atoms with Crippen molar-refractivity contribution in [3.63, 3.8) is 0 Å². The van der Waals surface area contributed by atoms with E-state index < -0.39 is 0 Å². The molecular formula is C24H22N3O+. The summed E-state index contributed by atoms with van der Waals surface area (Å²) in [7, 11) is 2.13. The Hall–Kier alpha value is -3.53. The first-order valence-electron chi connectivity index (χ1n) is 9.58. The highest BCUT2D eigenvalue weighted by Gasteiger charge is 2.22. The third kappa shape index (κ3) is 2.49. The Balaban J connectivity index is 1.85. The predicted octanol–water partition coefficient (Wildman–Crippen LogP) is 5.44. The molecule has 0 amide bonds. The number of anilines is 2. The average Bonchev–Trinajstić information content (AvgIpc) is 3.12. The molecule has 0 spiro atoms. The summed E-state index contributed by atoms with van der Waals surface area (Å²) in [6, 6.07) is 25.0. The van der Waals surface area contributed by atoms with Crippen molar-refractivity contribution in [2.45, 2.75) is 6.92 Å². The number of pyridine rings is 1. The van der Waals surface area contributed by atoms with Gasteiger partial charge < -0.3 is 15.0 Å². The second kappa shape index (κ2) is 6.57. The normalized spacial score (nSPS) is 11.4. The Morgan fingerprint density at radius 3 is 2.46 bits per heavy atom. The molecule has 0 saturated carbocycles. The van der Waals surface area contributed by atoms with Crippen molar-refractivity contribution in [2.24, 2.45) is 7.05 Å². The van der Waals surface area contributed by atoms with Gasteiger partial charge >= 0.3 is 0 Å². The topological polar surface area (TPSA) is 40.9 Å². The number of aromatic amines is 1. The molecule has 0 aliphatic carbocycles. The molecule has 0 fully saturated rings. The van der Waals surface area contributed by atoms with E-state index in [2.05, 4.69) is 76.5 Å². The third-order valence-electron chi connectivity index (χ3n) is 5.25. The lowest BCUT2D eigenvalue weighted by molar-refractivity contribution is -0.616. The predicted molar refractivity (Wildman–Crippen MR) is 115 cm³/mol. The minimum absolute atomic E-state index is 0.630. The van der Waals surface area contributed by atoms with Gasteiger partial charge in [-0.15, -0.1) is 0 Å². The van der Waals surface area contributed by atoms with Crippen molar-refractivity contribution < 1.29 is 9.30 Å². The number of nitrogens with zero attached hydrogens (tertiary/aromatic N) is 1. The molecule has 138 valence electrons. The van der Waals surface area contributed by atoms with Crippen LogP contribution in [0.4, 0.5) is 11.4 Å². The van der Waals surface area contributed by atoms with Gasteiger partial charge in [0.1, 0.15) is 18.3 Å². The van der Waals surface area contributed by atoms with E-state index in [-0.39, 0.29) is 0 Å². The number of aryl methyl sites for hydroxylation is 1. The highest BCUT2D eigenvalue weighted by atomic mass is 16.5. The van der Waals surface area contributed by atoms with Gasteiger partial charge in [0.05, 0.1) is 34.3 Å². The smallest absolute Gasteiger partial charge is 0.240 e. The second-order valence-electron chi connectivity index (χ2n) is 6.90. The molecule has 0 atom stereocenters. The van der Waals surface area contributed by atoms with Crippen molar-refractivity contribution in [1.29, 1.82) is 0 Å². The Labute approximate surface area is 163 Å². The zero-order chi connectivity index (χ0) is 19.1. The lowest BCUT2D eigenvalue weighted by Crippen LogP contribution is -2.30. The summed E-state index contributed by atoms with van der Waals surface area (Å²) in [5.74, 6) is 0.853. The summed E-state index contributed by atoms with van der Waals surface area (Å²) < 4.78 is 8.11. The summed E-state index contributed by atoms with van der Waals surface area (Å²) in [5.41, 5.74) is 6.61. The molecule has 5 aromatic rings. The maximum Gasteiger partial charge on any atom is 0.240 e. The van der Waals surface area contributed by atoms with Gasteiger partial charge in [0.15, 0.2) is 0 Å². The largest absolute Gasteiger partial charge is 0.492 e. The summed E-state index contributed by atoms with van der Waals surface area (Å²) in [5, 5.41) is 6.04. The first-order valence-corrected chi connectivity index (χ1v) is 9.58. The number of hydrogen-bond donors (Lipinski definition) is 2. The number of aromatic nitrogens is 2. The molecule has 3 aromatic carbocycles. The quantitative estimate of drug-likeness (QED) is 0.415. The molecule has 0 unspecified atom stereocenters. The van der Waals surface area contributed by atoms with Gasteiger partial charge in [-0.3, -0.25) is 0 Å². The number of benzene rings is 3. The monoisotopic (exact) mass is 368 g/mol. The molecule has 2 N–H and O–H groups in total. The number of para-hydroxylation sites is 4. The van der Waals surface area contributed by atoms with E-state index in [0.29, 0.717) is 6.61 Å². The van der Waals surface area contributed by atoms with Crippen LogP contribution in [0, 0.1) is 0 Å². The van der Waals surface area contributed by atoms with E-state index in [1.54, 1.807) is 0 Å². The van der Waals surface area contributed by atoms with E-state index in [0.717, 1.165) is 33.5 Å². The Morgan fingerprint density at radius 2 is 1.61 bits per heavy atom. The van der Waals surface area contributed by atoms with Gasteiger partial charge in [-0.1, -0.05) is 36.4 Å². The Kier molecular flexibility index (Phi) is 3.90. The van der Waals surface area contributed by atoms with E-state index in [1.807, 2.05) is 25.1 Å². The average molecular weight is 368 g/mol. The van der Waals surface area contributed by atoms with Crippen LogP contribution in [0.5, 0.6) is 5.75 Å². The fourth-order valence-corrected chi connectivity index (χ4v) is 4.00. The number of hydrogen-bond acceptors (Lipinski definition) is 2. The van der Waals surface area contributed by atoms with Crippen LogP contribution in [-0.4, -0.2) is 11.6 Å². The summed E-state index contributed by atoms with van der Waals surface area (Å²) in [6.07, 6.45) is 0. The minimum Gasteiger partial charge on any atom is -0.492 e. The second-order valence-corrected chi connectivity index (χ2v) is 6.90. The van der Waals surface area contributed by atoms with Gasteiger partial charge in [0.25, 0.3) is 0 Å². The van der Waals surface area contributed by atoms with Gasteiger partial charge in [0.2, 0.25) is 11.0 Å². The van der Waals surface area contributed by atoms with Crippen LogP contribution < -0.4 is 14.6 Å². The van der Waals surface area contributed by atoms with Crippen molar-refractivity contribution in [2.75, 3.05) is 11.9 Å². The van der Waals surface area contributed by atoms with E-state index >= 15 is 0 Å². The number of fused-ring (bicyclic) bond motifs is 4. The lowest BCUT2D eigenvalue weighted by atomic mass is 10.1. The number of ether oxygens (including phenoxy) is 1. The van der Waals surface area contributed by atoms with Crippen LogP contribution in [-0.2, 0) is 7.05 Å². The zero-order valence-electron chi connectivity index (χ0n) is 16.0. The maximum absolute atomic E-state index is 5.84. The molecule has 4 heteroatoms. The molecule has 28 heavy (non-hydrogen) atoms. The molecule has 0 aliphatic rings.